The van der Waals surface area contributed by atoms with Crippen LogP contribution in [0.15, 0.2) is 76.3 Å². The highest BCUT2D eigenvalue weighted by atomic mass is 32.2. The van der Waals surface area contributed by atoms with Crippen LogP contribution in [0.25, 0.3) is 6.08 Å². The second kappa shape index (κ2) is 9.00. The van der Waals surface area contributed by atoms with Crippen LogP contribution in [0.4, 0.5) is 0 Å². The van der Waals surface area contributed by atoms with Gasteiger partial charge in [0.05, 0.1) is 19.9 Å². The van der Waals surface area contributed by atoms with Crippen molar-refractivity contribution in [3.05, 3.63) is 83.2 Å². The van der Waals surface area contributed by atoms with Crippen LogP contribution in [-0.4, -0.2) is 41.0 Å². The molecule has 7 heteroatoms. The lowest BCUT2D eigenvalue weighted by Crippen LogP contribution is -2.43. The molecule has 1 aromatic carbocycles. The number of carbonyl (C=O) groups excluding carboxylic acids is 2. The molecule has 0 radical (unpaired) electrons. The van der Waals surface area contributed by atoms with E-state index in [-0.39, 0.29) is 30.2 Å². The second-order valence-corrected chi connectivity index (χ2v) is 7.92. The molecule has 0 saturated heterocycles. The smallest absolute Gasteiger partial charge is 0.426 e. The first-order chi connectivity index (χ1) is 14.6. The van der Waals surface area contributed by atoms with Crippen molar-refractivity contribution >= 4 is 35.4 Å². The number of hydrogen-bond acceptors (Lipinski definition) is 5. The van der Waals surface area contributed by atoms with E-state index >= 15 is 0 Å². The summed E-state index contributed by atoms with van der Waals surface area (Å²) in [7, 11) is 1.61. The normalized spacial score (nSPS) is 19.2. The summed E-state index contributed by atoms with van der Waals surface area (Å²) < 4.78 is 12.0. The van der Waals surface area contributed by atoms with Crippen LogP contribution in [0, 0.1) is 0 Å². The number of carbonyl (C=O) groups is 2. The highest BCUT2D eigenvalue weighted by Crippen LogP contribution is 2.33. The van der Waals surface area contributed by atoms with E-state index in [1.807, 2.05) is 54.6 Å². The van der Waals surface area contributed by atoms with Gasteiger partial charge in [-0.1, -0.05) is 42.1 Å². The van der Waals surface area contributed by atoms with Crippen molar-refractivity contribution in [1.29, 1.82) is 0 Å². The lowest BCUT2D eigenvalue weighted by molar-refractivity contribution is -0.434. The number of hydrogen-bond donors (Lipinski definition) is 1. The van der Waals surface area contributed by atoms with Gasteiger partial charge in [-0.25, -0.2) is 4.79 Å². The van der Waals surface area contributed by atoms with Crippen LogP contribution in [0.2, 0.25) is 0 Å². The number of fused-ring (bicyclic) bond motifs is 1. The Bertz CT molecular complexity index is 1060. The molecule has 0 spiro atoms. The number of nitrogens with zero attached hydrogens (tertiary/aromatic N) is 1. The summed E-state index contributed by atoms with van der Waals surface area (Å²) in [6.45, 7) is 0.232. The minimum Gasteiger partial charge on any atom is -0.497 e. The van der Waals surface area contributed by atoms with Crippen molar-refractivity contribution in [2.75, 3.05) is 13.7 Å². The Labute approximate surface area is 178 Å². The summed E-state index contributed by atoms with van der Waals surface area (Å²) in [5.41, 5.74) is 1.71. The number of furan rings is 1. The lowest BCUT2D eigenvalue weighted by atomic mass is 10.1. The summed E-state index contributed by atoms with van der Waals surface area (Å²) in [5.74, 6) is 0.986. The minimum atomic E-state index is -0.246. The zero-order valence-electron chi connectivity index (χ0n) is 16.4. The standard InChI is InChI=1S/C23H20N2O4S/c1-28-17-10-8-16(9-11-17)13-21-23(27)25(19-6-2-3-7-20(19)30-21)15-22(26)24-14-18-5-4-12-29-18/h2-13,20H,14-15H2,1H3/p+1/b21-13-. The molecular formula is C23H21N2O4S+. The lowest BCUT2D eigenvalue weighted by Gasteiger charge is -2.20. The topological polar surface area (TPSA) is 71.6 Å². The molecule has 1 unspecified atom stereocenters. The summed E-state index contributed by atoms with van der Waals surface area (Å²) in [5, 5.41) is 2.78. The highest BCUT2D eigenvalue weighted by Gasteiger charge is 2.39. The van der Waals surface area contributed by atoms with Crippen molar-refractivity contribution in [3.63, 3.8) is 0 Å². The third kappa shape index (κ3) is 4.46. The van der Waals surface area contributed by atoms with E-state index in [0.29, 0.717) is 10.7 Å². The maximum Gasteiger partial charge on any atom is 0.426 e. The predicted octanol–water partition coefficient (Wildman–Crippen LogP) is 3.17. The molecule has 1 aliphatic heterocycles. The van der Waals surface area contributed by atoms with Crippen LogP contribution < -0.4 is 10.1 Å². The number of amides is 2. The molecule has 2 heterocycles. The van der Waals surface area contributed by atoms with Gasteiger partial charge in [-0.05, 0) is 35.9 Å². The molecule has 1 aromatic heterocycles. The van der Waals surface area contributed by atoms with Crippen molar-refractivity contribution in [2.24, 2.45) is 0 Å². The average Bonchev–Trinajstić information content (AvgIpc) is 3.29. The summed E-state index contributed by atoms with van der Waals surface area (Å²) >= 11 is 1.49. The first kappa shape index (κ1) is 20.0. The summed E-state index contributed by atoms with van der Waals surface area (Å²) in [6.07, 6.45) is 11.2. The van der Waals surface area contributed by atoms with Crippen LogP contribution >= 0.6 is 11.8 Å². The molecule has 6 nitrogen and oxygen atoms in total. The van der Waals surface area contributed by atoms with E-state index < -0.39 is 0 Å². The zero-order valence-corrected chi connectivity index (χ0v) is 17.2. The number of thioether (sulfide) groups is 1. The van der Waals surface area contributed by atoms with E-state index in [1.165, 1.54) is 11.8 Å². The Kier molecular flexibility index (Phi) is 5.99. The number of benzene rings is 1. The van der Waals surface area contributed by atoms with Gasteiger partial charge in [-0.15, -0.1) is 4.58 Å². The fraction of sp³-hybridized carbons (Fsp3) is 0.174. The van der Waals surface area contributed by atoms with Gasteiger partial charge in [-0.3, -0.25) is 4.79 Å². The predicted molar refractivity (Wildman–Crippen MR) is 116 cm³/mol. The van der Waals surface area contributed by atoms with E-state index in [4.69, 9.17) is 9.15 Å². The van der Waals surface area contributed by atoms with Gasteiger partial charge >= 0.3 is 5.91 Å². The molecule has 2 aliphatic rings. The van der Waals surface area contributed by atoms with Crippen LogP contribution in [0.3, 0.4) is 0 Å². The fourth-order valence-electron chi connectivity index (χ4n) is 3.20. The van der Waals surface area contributed by atoms with Gasteiger partial charge < -0.3 is 14.5 Å². The SMILES string of the molecule is COc1ccc(/C=C2\SC3C=CC=CC3=[N+](CC(=O)NCc3ccco3)C2=O)cc1. The number of ether oxygens (including phenoxy) is 1. The van der Waals surface area contributed by atoms with Gasteiger partial charge in [-0.2, -0.15) is 0 Å². The minimum absolute atomic E-state index is 0.0185. The van der Waals surface area contributed by atoms with Crippen molar-refractivity contribution < 1.29 is 23.3 Å². The molecule has 30 heavy (non-hydrogen) atoms. The van der Waals surface area contributed by atoms with Crippen molar-refractivity contribution in [3.8, 4) is 5.75 Å². The van der Waals surface area contributed by atoms with E-state index in [0.717, 1.165) is 17.0 Å². The number of rotatable bonds is 6. The third-order valence-electron chi connectivity index (χ3n) is 4.73. The van der Waals surface area contributed by atoms with E-state index in [9.17, 15) is 9.59 Å². The molecular weight excluding hydrogens is 400 g/mol. The Morgan fingerprint density at radius 3 is 2.83 bits per heavy atom. The van der Waals surface area contributed by atoms with Gasteiger partial charge in [0.15, 0.2) is 0 Å². The van der Waals surface area contributed by atoms with Crippen molar-refractivity contribution in [2.45, 2.75) is 11.8 Å². The molecule has 1 N–H and O–H groups in total. The maximum absolute atomic E-state index is 13.2. The molecule has 2 aromatic rings. The quantitative estimate of drug-likeness (QED) is 0.573. The second-order valence-electron chi connectivity index (χ2n) is 6.74. The number of methoxy groups -OCH3 is 1. The Morgan fingerprint density at radius 1 is 1.27 bits per heavy atom. The Balaban J connectivity index is 1.56. The highest BCUT2D eigenvalue weighted by molar-refractivity contribution is 8.05. The first-order valence-corrected chi connectivity index (χ1v) is 10.4. The molecule has 0 fully saturated rings. The molecule has 2 amide bonds. The molecule has 0 bridgehead atoms. The van der Waals surface area contributed by atoms with Crippen LogP contribution in [0.5, 0.6) is 5.75 Å². The maximum atomic E-state index is 13.2. The summed E-state index contributed by atoms with van der Waals surface area (Å²) in [4.78, 5) is 26.3. The Morgan fingerprint density at radius 2 is 2.10 bits per heavy atom. The van der Waals surface area contributed by atoms with Crippen LogP contribution in [0.1, 0.15) is 11.3 Å². The molecule has 0 saturated carbocycles. The average molecular weight is 421 g/mol. The van der Waals surface area contributed by atoms with Crippen LogP contribution in [-0.2, 0) is 16.1 Å². The van der Waals surface area contributed by atoms with E-state index in [2.05, 4.69) is 5.32 Å². The van der Waals surface area contributed by atoms with Crippen molar-refractivity contribution in [1.82, 2.24) is 5.32 Å². The molecule has 4 rings (SSSR count). The van der Waals surface area contributed by atoms with E-state index in [1.54, 1.807) is 30.1 Å². The third-order valence-corrected chi connectivity index (χ3v) is 5.93. The molecule has 1 aliphatic carbocycles. The van der Waals surface area contributed by atoms with Gasteiger partial charge in [0, 0.05) is 6.08 Å². The van der Waals surface area contributed by atoms with Gasteiger partial charge in [0.1, 0.15) is 21.7 Å². The molecule has 152 valence electrons. The van der Waals surface area contributed by atoms with Gasteiger partial charge in [0.2, 0.25) is 12.3 Å². The molecule has 1 atom stereocenters. The first-order valence-electron chi connectivity index (χ1n) is 9.49. The largest absolute Gasteiger partial charge is 0.497 e. The number of allylic oxidation sites excluding steroid dienone is 3. The summed E-state index contributed by atoms with van der Waals surface area (Å²) in [6, 6.07) is 11.1. The Hall–Kier alpha value is -3.32. The fourth-order valence-corrected chi connectivity index (χ4v) is 4.39. The zero-order chi connectivity index (χ0) is 20.9. The number of nitrogens with one attached hydrogen (secondary N) is 1. The monoisotopic (exact) mass is 421 g/mol. The van der Waals surface area contributed by atoms with Gasteiger partial charge in [0.25, 0.3) is 5.91 Å².